The Bertz CT molecular complexity index is 1080. The number of nitrogens with one attached hydrogen (secondary N) is 1. The lowest BCUT2D eigenvalue weighted by atomic mass is 10.0. The monoisotopic (exact) mass is 452 g/mol. The molecule has 0 radical (unpaired) electrons. The summed E-state index contributed by atoms with van der Waals surface area (Å²) >= 11 is 0. The highest BCUT2D eigenvalue weighted by Crippen LogP contribution is 2.19. The highest BCUT2D eigenvalue weighted by atomic mass is 19.1. The SMILES string of the molecule is CCNC(=O)C(Cc1ccccc1)N(Cc1ccccc1F)C(=O)COc1ccccc1F. The molecule has 0 saturated carbocycles. The molecular weight excluding hydrogens is 426 g/mol. The Morgan fingerprint density at radius 3 is 2.21 bits per heavy atom. The van der Waals surface area contributed by atoms with Gasteiger partial charge in [-0.3, -0.25) is 9.59 Å². The number of amides is 2. The molecule has 0 aliphatic carbocycles. The second-order valence-corrected chi connectivity index (χ2v) is 7.43. The number of benzene rings is 3. The average Bonchev–Trinajstić information content (AvgIpc) is 2.82. The number of halogens is 2. The molecule has 0 fully saturated rings. The summed E-state index contributed by atoms with van der Waals surface area (Å²) in [5.74, 6) is -2.09. The Labute approximate surface area is 192 Å². The van der Waals surface area contributed by atoms with Crippen LogP contribution >= 0.6 is 0 Å². The average molecular weight is 453 g/mol. The van der Waals surface area contributed by atoms with Gasteiger partial charge in [0.2, 0.25) is 5.91 Å². The van der Waals surface area contributed by atoms with Crippen molar-refractivity contribution in [1.82, 2.24) is 10.2 Å². The van der Waals surface area contributed by atoms with Gasteiger partial charge in [-0.05, 0) is 30.7 Å². The molecule has 1 N–H and O–H groups in total. The van der Waals surface area contributed by atoms with Crippen LogP contribution in [0.4, 0.5) is 8.78 Å². The second kappa shape index (κ2) is 11.8. The molecule has 0 bridgehead atoms. The molecule has 33 heavy (non-hydrogen) atoms. The number of hydrogen-bond donors (Lipinski definition) is 1. The van der Waals surface area contributed by atoms with E-state index in [1.807, 2.05) is 30.3 Å². The van der Waals surface area contributed by atoms with Crippen molar-refractivity contribution in [3.05, 3.63) is 102 Å². The molecule has 3 rings (SSSR count). The number of ether oxygens (including phenoxy) is 1. The number of likely N-dealkylation sites (N-methyl/N-ethyl adjacent to an activating group) is 1. The number of para-hydroxylation sites is 1. The van der Waals surface area contributed by atoms with Gasteiger partial charge >= 0.3 is 0 Å². The van der Waals surface area contributed by atoms with Crippen molar-refractivity contribution in [2.24, 2.45) is 0 Å². The lowest BCUT2D eigenvalue weighted by Crippen LogP contribution is -2.51. The summed E-state index contributed by atoms with van der Waals surface area (Å²) in [6, 6.07) is 20.2. The van der Waals surface area contributed by atoms with Gasteiger partial charge in [-0.25, -0.2) is 8.78 Å². The van der Waals surface area contributed by atoms with E-state index < -0.39 is 30.2 Å². The molecule has 7 heteroatoms. The normalized spacial score (nSPS) is 11.5. The van der Waals surface area contributed by atoms with Crippen molar-refractivity contribution in [2.75, 3.05) is 13.2 Å². The van der Waals surface area contributed by atoms with Crippen molar-refractivity contribution < 1.29 is 23.1 Å². The summed E-state index contributed by atoms with van der Waals surface area (Å²) in [6.45, 7) is 1.51. The van der Waals surface area contributed by atoms with Gasteiger partial charge in [0.05, 0.1) is 0 Å². The first-order valence-corrected chi connectivity index (χ1v) is 10.7. The second-order valence-electron chi connectivity index (χ2n) is 7.43. The quantitative estimate of drug-likeness (QED) is 0.504. The van der Waals surface area contributed by atoms with Crippen LogP contribution in [0, 0.1) is 11.6 Å². The zero-order valence-electron chi connectivity index (χ0n) is 18.3. The molecule has 0 aromatic heterocycles. The van der Waals surface area contributed by atoms with Crippen LogP contribution in [0.2, 0.25) is 0 Å². The number of carbonyl (C=O) groups is 2. The minimum Gasteiger partial charge on any atom is -0.481 e. The zero-order valence-corrected chi connectivity index (χ0v) is 18.3. The van der Waals surface area contributed by atoms with Crippen LogP contribution in [0.25, 0.3) is 0 Å². The van der Waals surface area contributed by atoms with E-state index >= 15 is 0 Å². The number of nitrogens with zero attached hydrogens (tertiary/aromatic N) is 1. The Kier molecular flexibility index (Phi) is 8.52. The Balaban J connectivity index is 1.91. The summed E-state index contributed by atoms with van der Waals surface area (Å²) < 4.78 is 33.8. The number of rotatable bonds is 10. The fraction of sp³-hybridized carbons (Fsp3) is 0.231. The molecule has 0 spiro atoms. The van der Waals surface area contributed by atoms with E-state index in [0.29, 0.717) is 6.54 Å². The van der Waals surface area contributed by atoms with Crippen LogP contribution in [0.3, 0.4) is 0 Å². The van der Waals surface area contributed by atoms with Crippen LogP contribution in [0.15, 0.2) is 78.9 Å². The summed E-state index contributed by atoms with van der Waals surface area (Å²) in [5, 5.41) is 2.76. The molecule has 0 heterocycles. The molecule has 1 atom stereocenters. The summed E-state index contributed by atoms with van der Waals surface area (Å²) in [4.78, 5) is 27.5. The highest BCUT2D eigenvalue weighted by Gasteiger charge is 2.31. The molecule has 0 aliphatic rings. The lowest BCUT2D eigenvalue weighted by Gasteiger charge is -2.31. The minimum absolute atomic E-state index is 0.0747. The van der Waals surface area contributed by atoms with E-state index in [9.17, 15) is 18.4 Å². The minimum atomic E-state index is -0.913. The predicted molar refractivity (Wildman–Crippen MR) is 121 cm³/mol. The Morgan fingerprint density at radius 1 is 0.909 bits per heavy atom. The van der Waals surface area contributed by atoms with Crippen LogP contribution in [0.5, 0.6) is 5.75 Å². The molecule has 0 aliphatic heterocycles. The first kappa shape index (κ1) is 23.9. The van der Waals surface area contributed by atoms with Crippen molar-refractivity contribution in [3.63, 3.8) is 0 Å². The first-order chi connectivity index (χ1) is 16.0. The predicted octanol–water partition coefficient (Wildman–Crippen LogP) is 4.12. The third-order valence-electron chi connectivity index (χ3n) is 5.11. The largest absolute Gasteiger partial charge is 0.481 e. The summed E-state index contributed by atoms with van der Waals surface area (Å²) in [6.07, 6.45) is 0.229. The molecule has 3 aromatic rings. The first-order valence-electron chi connectivity index (χ1n) is 10.7. The van der Waals surface area contributed by atoms with Gasteiger partial charge in [0.25, 0.3) is 5.91 Å². The van der Waals surface area contributed by atoms with E-state index in [2.05, 4.69) is 5.32 Å². The van der Waals surface area contributed by atoms with Crippen molar-refractivity contribution >= 4 is 11.8 Å². The van der Waals surface area contributed by atoms with Crippen LogP contribution in [0.1, 0.15) is 18.1 Å². The number of carbonyl (C=O) groups excluding carboxylic acids is 2. The van der Waals surface area contributed by atoms with Gasteiger partial charge in [-0.1, -0.05) is 60.7 Å². The summed E-state index contributed by atoms with van der Waals surface area (Å²) in [5.41, 5.74) is 1.11. The highest BCUT2D eigenvalue weighted by molar-refractivity contribution is 5.88. The van der Waals surface area contributed by atoms with E-state index in [1.165, 1.54) is 29.2 Å². The number of hydrogen-bond acceptors (Lipinski definition) is 3. The van der Waals surface area contributed by atoms with Gasteiger partial charge in [0, 0.05) is 25.1 Å². The Hall–Kier alpha value is -3.74. The maximum absolute atomic E-state index is 14.4. The summed E-state index contributed by atoms with van der Waals surface area (Å²) in [7, 11) is 0. The molecular formula is C26H26F2N2O3. The molecule has 3 aromatic carbocycles. The van der Waals surface area contributed by atoms with E-state index in [-0.39, 0.29) is 30.2 Å². The molecule has 1 unspecified atom stereocenters. The Morgan fingerprint density at radius 2 is 1.55 bits per heavy atom. The van der Waals surface area contributed by atoms with E-state index in [1.54, 1.807) is 31.2 Å². The van der Waals surface area contributed by atoms with Crippen molar-refractivity contribution in [2.45, 2.75) is 25.9 Å². The van der Waals surface area contributed by atoms with E-state index in [0.717, 1.165) is 5.56 Å². The third-order valence-corrected chi connectivity index (χ3v) is 5.11. The smallest absolute Gasteiger partial charge is 0.261 e. The van der Waals surface area contributed by atoms with Gasteiger partial charge < -0.3 is 15.0 Å². The van der Waals surface area contributed by atoms with Gasteiger partial charge in [-0.15, -0.1) is 0 Å². The standard InChI is InChI=1S/C26H26F2N2O3/c1-2-29-26(32)23(16-19-10-4-3-5-11-19)30(17-20-12-6-7-13-21(20)27)25(31)18-33-24-15-9-8-14-22(24)28/h3-15,23H,2,16-18H2,1H3,(H,29,32). The van der Waals surface area contributed by atoms with Crippen LogP contribution in [-0.4, -0.2) is 35.9 Å². The van der Waals surface area contributed by atoms with Gasteiger partial charge in [0.1, 0.15) is 11.9 Å². The molecule has 172 valence electrons. The fourth-order valence-electron chi connectivity index (χ4n) is 3.44. The lowest BCUT2D eigenvalue weighted by molar-refractivity contribution is -0.142. The van der Waals surface area contributed by atoms with Crippen molar-refractivity contribution in [3.8, 4) is 5.75 Å². The third kappa shape index (κ3) is 6.62. The van der Waals surface area contributed by atoms with Gasteiger partial charge in [-0.2, -0.15) is 0 Å². The van der Waals surface area contributed by atoms with Crippen molar-refractivity contribution in [1.29, 1.82) is 0 Å². The maximum atomic E-state index is 14.4. The van der Waals surface area contributed by atoms with Gasteiger partial charge in [0.15, 0.2) is 18.2 Å². The molecule has 5 nitrogen and oxygen atoms in total. The molecule has 0 saturated heterocycles. The topological polar surface area (TPSA) is 58.6 Å². The maximum Gasteiger partial charge on any atom is 0.261 e. The van der Waals surface area contributed by atoms with Crippen LogP contribution < -0.4 is 10.1 Å². The van der Waals surface area contributed by atoms with E-state index in [4.69, 9.17) is 4.74 Å². The molecule has 2 amide bonds. The fourth-order valence-corrected chi connectivity index (χ4v) is 3.44. The zero-order chi connectivity index (χ0) is 23.6. The van der Waals surface area contributed by atoms with Crippen LogP contribution in [-0.2, 0) is 22.6 Å².